The molecule has 1 heterocycles. The number of carbonyl (C=O) groups excluding carboxylic acids is 2. The molecule has 2 aromatic carbocycles. The lowest BCUT2D eigenvalue weighted by Gasteiger charge is -2.11. The second-order valence-corrected chi connectivity index (χ2v) is 7.39. The summed E-state index contributed by atoms with van der Waals surface area (Å²) in [6.45, 7) is 5.71. The van der Waals surface area contributed by atoms with E-state index in [-0.39, 0.29) is 29.8 Å². The van der Waals surface area contributed by atoms with Crippen molar-refractivity contribution in [1.29, 1.82) is 0 Å². The number of hydrogen-bond acceptors (Lipinski definition) is 6. The number of rotatable bonds is 8. The van der Waals surface area contributed by atoms with Gasteiger partial charge in [0.15, 0.2) is 5.69 Å². The van der Waals surface area contributed by atoms with Crippen LogP contribution in [0.2, 0.25) is 0 Å². The Morgan fingerprint density at radius 3 is 2.66 bits per heavy atom. The minimum absolute atomic E-state index is 0.0536. The molecule has 166 valence electrons. The molecule has 10 nitrogen and oxygen atoms in total. The van der Waals surface area contributed by atoms with Gasteiger partial charge in [0.1, 0.15) is 0 Å². The minimum atomic E-state index is -0.497. The van der Waals surface area contributed by atoms with E-state index in [1.165, 1.54) is 16.8 Å². The third-order valence-corrected chi connectivity index (χ3v) is 5.10. The van der Waals surface area contributed by atoms with Crippen molar-refractivity contribution in [1.82, 2.24) is 20.3 Å². The highest BCUT2D eigenvalue weighted by Crippen LogP contribution is 2.18. The van der Waals surface area contributed by atoms with E-state index in [1.807, 2.05) is 19.9 Å². The van der Waals surface area contributed by atoms with Gasteiger partial charge in [-0.3, -0.25) is 19.7 Å². The molecule has 32 heavy (non-hydrogen) atoms. The number of nitrogens with zero attached hydrogens (tertiary/aromatic N) is 4. The van der Waals surface area contributed by atoms with Crippen LogP contribution in [0.25, 0.3) is 5.69 Å². The van der Waals surface area contributed by atoms with Crippen molar-refractivity contribution in [3.8, 4) is 5.69 Å². The highest BCUT2D eigenvalue weighted by atomic mass is 16.6. The second kappa shape index (κ2) is 9.82. The molecule has 2 amide bonds. The van der Waals surface area contributed by atoms with E-state index in [1.54, 1.807) is 37.3 Å². The lowest BCUT2D eigenvalue weighted by atomic mass is 10.1. The summed E-state index contributed by atoms with van der Waals surface area (Å²) in [5, 5.41) is 24.6. The molecular weight excluding hydrogens is 412 g/mol. The van der Waals surface area contributed by atoms with Gasteiger partial charge in [0.05, 0.1) is 16.3 Å². The zero-order valence-electron chi connectivity index (χ0n) is 18.0. The van der Waals surface area contributed by atoms with Crippen LogP contribution in [0.5, 0.6) is 0 Å². The molecule has 0 radical (unpaired) electrons. The molecule has 0 fully saturated rings. The minimum Gasteiger partial charge on any atom is -0.347 e. The maximum absolute atomic E-state index is 12.6. The second-order valence-electron chi connectivity index (χ2n) is 7.39. The number of hydrogen-bond donors (Lipinski definition) is 2. The Bertz CT molecular complexity index is 1160. The molecule has 1 aromatic heterocycles. The molecular formula is C22H24N6O4. The number of anilines is 1. The molecule has 1 unspecified atom stereocenters. The number of nitro groups is 1. The van der Waals surface area contributed by atoms with Crippen LogP contribution in [0, 0.1) is 23.0 Å². The van der Waals surface area contributed by atoms with Gasteiger partial charge in [0.25, 0.3) is 11.6 Å². The van der Waals surface area contributed by atoms with Crippen molar-refractivity contribution < 1.29 is 14.5 Å². The van der Waals surface area contributed by atoms with Crippen molar-refractivity contribution in [3.63, 3.8) is 0 Å². The average molecular weight is 436 g/mol. The van der Waals surface area contributed by atoms with Crippen molar-refractivity contribution >= 4 is 23.2 Å². The Morgan fingerprint density at radius 1 is 1.19 bits per heavy atom. The highest BCUT2D eigenvalue weighted by Gasteiger charge is 2.18. The SMILES string of the molecule is CCC(C)C(=O)Nc1cccc(CNC(=O)c2nnn(-c3cccc([N+](=O)[O-])c3)c2C)c1. The number of non-ortho nitro benzene ring substituents is 1. The molecule has 0 saturated carbocycles. The van der Waals surface area contributed by atoms with Crippen LogP contribution in [0.4, 0.5) is 11.4 Å². The number of benzene rings is 2. The Morgan fingerprint density at radius 2 is 1.94 bits per heavy atom. The molecule has 0 bridgehead atoms. The molecule has 0 aliphatic heterocycles. The maximum Gasteiger partial charge on any atom is 0.274 e. The Hall–Kier alpha value is -4.08. The van der Waals surface area contributed by atoms with Crippen molar-refractivity contribution in [3.05, 3.63) is 75.6 Å². The van der Waals surface area contributed by atoms with E-state index in [0.717, 1.165) is 12.0 Å². The first-order valence-electron chi connectivity index (χ1n) is 10.1. The number of nitro benzene ring substituents is 1. The maximum atomic E-state index is 12.6. The molecule has 0 aliphatic rings. The molecule has 0 spiro atoms. The summed E-state index contributed by atoms with van der Waals surface area (Å²) in [6, 6.07) is 13.2. The number of nitrogens with one attached hydrogen (secondary N) is 2. The number of carbonyl (C=O) groups is 2. The van der Waals surface area contributed by atoms with Crippen LogP contribution in [0.1, 0.15) is 42.0 Å². The predicted octanol–water partition coefficient (Wildman–Crippen LogP) is 3.40. The summed E-state index contributed by atoms with van der Waals surface area (Å²) in [5.74, 6) is -0.565. The quantitative estimate of drug-likeness (QED) is 0.411. The van der Waals surface area contributed by atoms with Crippen LogP contribution in [0.3, 0.4) is 0 Å². The fraction of sp³-hybridized carbons (Fsp3) is 0.273. The van der Waals surface area contributed by atoms with Crippen LogP contribution in [-0.2, 0) is 11.3 Å². The van der Waals surface area contributed by atoms with Crippen LogP contribution >= 0.6 is 0 Å². The smallest absolute Gasteiger partial charge is 0.274 e. The van der Waals surface area contributed by atoms with Crippen molar-refractivity contribution in [2.75, 3.05) is 5.32 Å². The van der Waals surface area contributed by atoms with Crippen LogP contribution in [-0.4, -0.2) is 31.7 Å². The summed E-state index contributed by atoms with van der Waals surface area (Å²) in [5.41, 5.74) is 2.41. The molecule has 3 rings (SSSR count). The van der Waals surface area contributed by atoms with Gasteiger partial charge in [-0.05, 0) is 37.1 Å². The average Bonchev–Trinajstić information content (AvgIpc) is 3.18. The third-order valence-electron chi connectivity index (χ3n) is 5.10. The molecule has 3 aromatic rings. The summed E-state index contributed by atoms with van der Waals surface area (Å²) >= 11 is 0. The summed E-state index contributed by atoms with van der Waals surface area (Å²) < 4.78 is 1.38. The van der Waals surface area contributed by atoms with Gasteiger partial charge < -0.3 is 10.6 Å². The standard InChI is InChI=1S/C22H24N6O4/c1-4-14(2)21(29)24-17-8-5-7-16(11-17)13-23-22(30)20-15(3)27(26-25-20)18-9-6-10-19(12-18)28(31)32/h5-12,14H,4,13H2,1-3H3,(H,23,30)(H,24,29). The first kappa shape index (κ1) is 22.6. The van der Waals surface area contributed by atoms with E-state index < -0.39 is 10.8 Å². The first-order valence-corrected chi connectivity index (χ1v) is 10.1. The normalized spacial score (nSPS) is 11.6. The largest absolute Gasteiger partial charge is 0.347 e. The number of amides is 2. The van der Waals surface area contributed by atoms with Crippen molar-refractivity contribution in [2.45, 2.75) is 33.7 Å². The Labute approximate surface area is 184 Å². The van der Waals surface area contributed by atoms with E-state index in [0.29, 0.717) is 17.1 Å². The van der Waals surface area contributed by atoms with E-state index in [9.17, 15) is 19.7 Å². The fourth-order valence-electron chi connectivity index (χ4n) is 3.00. The monoisotopic (exact) mass is 436 g/mol. The first-order chi connectivity index (χ1) is 15.3. The molecule has 0 aliphatic carbocycles. The topological polar surface area (TPSA) is 132 Å². The van der Waals surface area contributed by atoms with Gasteiger partial charge in [-0.2, -0.15) is 0 Å². The zero-order valence-corrected chi connectivity index (χ0v) is 18.0. The summed E-state index contributed by atoms with van der Waals surface area (Å²) in [4.78, 5) is 35.2. The molecule has 1 atom stereocenters. The fourth-order valence-corrected chi connectivity index (χ4v) is 3.00. The zero-order chi connectivity index (χ0) is 23.3. The molecule has 2 N–H and O–H groups in total. The van der Waals surface area contributed by atoms with Crippen molar-refractivity contribution in [2.24, 2.45) is 5.92 Å². The van der Waals surface area contributed by atoms with Gasteiger partial charge >= 0.3 is 0 Å². The summed E-state index contributed by atoms with van der Waals surface area (Å²) in [6.07, 6.45) is 0.748. The van der Waals surface area contributed by atoms with E-state index in [4.69, 9.17) is 0 Å². The predicted molar refractivity (Wildman–Crippen MR) is 118 cm³/mol. The third kappa shape index (κ3) is 5.15. The lowest BCUT2D eigenvalue weighted by molar-refractivity contribution is -0.384. The van der Waals surface area contributed by atoms with Crippen LogP contribution < -0.4 is 10.6 Å². The van der Waals surface area contributed by atoms with Gasteiger partial charge in [-0.25, -0.2) is 4.68 Å². The van der Waals surface area contributed by atoms with Gasteiger partial charge in [-0.15, -0.1) is 5.10 Å². The molecule has 0 saturated heterocycles. The summed E-state index contributed by atoms with van der Waals surface area (Å²) in [7, 11) is 0. The van der Waals surface area contributed by atoms with Gasteiger partial charge in [0.2, 0.25) is 5.91 Å². The highest BCUT2D eigenvalue weighted by molar-refractivity contribution is 5.93. The number of aromatic nitrogens is 3. The Kier molecular flexibility index (Phi) is 6.93. The van der Waals surface area contributed by atoms with Crippen LogP contribution in [0.15, 0.2) is 48.5 Å². The van der Waals surface area contributed by atoms with Gasteiger partial charge in [0, 0.05) is 30.3 Å². The molecule has 10 heteroatoms. The van der Waals surface area contributed by atoms with E-state index in [2.05, 4.69) is 20.9 Å². The lowest BCUT2D eigenvalue weighted by Crippen LogP contribution is -2.24. The van der Waals surface area contributed by atoms with E-state index >= 15 is 0 Å². The Balaban J connectivity index is 1.69. The van der Waals surface area contributed by atoms with Gasteiger partial charge in [-0.1, -0.05) is 37.3 Å².